The maximum absolute atomic E-state index is 12.1. The van der Waals surface area contributed by atoms with Gasteiger partial charge in [-0.3, -0.25) is 9.78 Å². The summed E-state index contributed by atoms with van der Waals surface area (Å²) in [6.45, 7) is 2.51. The number of ether oxygens (including phenoxy) is 1. The van der Waals surface area contributed by atoms with Crippen molar-refractivity contribution in [1.29, 1.82) is 0 Å². The van der Waals surface area contributed by atoms with Crippen molar-refractivity contribution in [2.75, 3.05) is 26.7 Å². The third-order valence-electron chi connectivity index (χ3n) is 7.05. The highest BCUT2D eigenvalue weighted by Gasteiger charge is 2.34. The molecular weight excluding hydrogens is 448 g/mol. The third kappa shape index (κ3) is 6.08. The topological polar surface area (TPSA) is 62.7 Å². The van der Waals surface area contributed by atoms with E-state index < -0.39 is 5.97 Å². The Morgan fingerprint density at radius 1 is 1.24 bits per heavy atom. The van der Waals surface area contributed by atoms with Crippen LogP contribution in [0.4, 0.5) is 0 Å². The quantitative estimate of drug-likeness (QED) is 0.363. The fourth-order valence-corrected chi connectivity index (χ4v) is 5.43. The lowest BCUT2D eigenvalue weighted by molar-refractivity contribution is -0.146. The van der Waals surface area contributed by atoms with Crippen LogP contribution in [0.1, 0.15) is 42.2 Å². The number of alkyl halides is 1. The van der Waals surface area contributed by atoms with Crippen molar-refractivity contribution >= 4 is 28.5 Å². The summed E-state index contributed by atoms with van der Waals surface area (Å²) in [5.41, 5.74) is 3.24. The van der Waals surface area contributed by atoms with E-state index in [4.69, 9.17) is 16.3 Å². The number of hydrogen-bond acceptors (Lipinski definition) is 4. The van der Waals surface area contributed by atoms with Gasteiger partial charge in [0.15, 0.2) is 0 Å². The number of halogens is 1. The van der Waals surface area contributed by atoms with Crippen LogP contribution in [0.3, 0.4) is 0 Å². The molecule has 1 aromatic heterocycles. The first kappa shape index (κ1) is 24.5. The van der Waals surface area contributed by atoms with Crippen LogP contribution in [0.25, 0.3) is 10.9 Å². The Bertz CT molecular complexity index is 1090. The van der Waals surface area contributed by atoms with Gasteiger partial charge in [0, 0.05) is 18.1 Å². The number of carboxylic acids is 1. The maximum Gasteiger partial charge on any atom is 0.308 e. The smallest absolute Gasteiger partial charge is 0.308 e. The van der Waals surface area contributed by atoms with E-state index in [1.54, 1.807) is 13.3 Å². The fourth-order valence-electron chi connectivity index (χ4n) is 5.11. The molecule has 1 N–H and O–H groups in total. The van der Waals surface area contributed by atoms with Crippen LogP contribution in [-0.2, 0) is 11.2 Å². The summed E-state index contributed by atoms with van der Waals surface area (Å²) in [4.78, 5) is 18.8. The molecule has 1 saturated heterocycles. The van der Waals surface area contributed by atoms with Gasteiger partial charge in [-0.15, -0.1) is 11.6 Å². The Kier molecular flexibility index (Phi) is 8.41. The first-order chi connectivity index (χ1) is 16.5. The van der Waals surface area contributed by atoms with Crippen LogP contribution >= 0.6 is 11.6 Å². The fraction of sp³-hybridized carbons (Fsp3) is 0.429. The Morgan fingerprint density at radius 3 is 2.82 bits per heavy atom. The lowest BCUT2D eigenvalue weighted by atomic mass is 9.81. The molecule has 0 spiro atoms. The monoisotopic (exact) mass is 480 g/mol. The Labute approximate surface area is 206 Å². The molecule has 1 aliphatic heterocycles. The van der Waals surface area contributed by atoms with Crippen LogP contribution in [0.15, 0.2) is 60.8 Å². The molecule has 0 bridgehead atoms. The van der Waals surface area contributed by atoms with Gasteiger partial charge in [0.2, 0.25) is 0 Å². The maximum atomic E-state index is 12.1. The summed E-state index contributed by atoms with van der Waals surface area (Å²) in [5, 5.41) is 10.7. The molecule has 0 amide bonds. The molecule has 4 rings (SSSR count). The molecule has 1 aliphatic rings. The molecule has 0 radical (unpaired) electrons. The second-order valence-electron chi connectivity index (χ2n) is 9.21. The number of pyridine rings is 1. The molecule has 6 heteroatoms. The third-order valence-corrected chi connectivity index (χ3v) is 7.50. The predicted octanol–water partition coefficient (Wildman–Crippen LogP) is 5.96. The summed E-state index contributed by atoms with van der Waals surface area (Å²) in [6, 6.07) is 18.2. The van der Waals surface area contributed by atoms with Gasteiger partial charge in [0.05, 0.1) is 23.9 Å². The van der Waals surface area contributed by atoms with Crippen molar-refractivity contribution in [2.45, 2.75) is 37.5 Å². The van der Waals surface area contributed by atoms with Crippen molar-refractivity contribution < 1.29 is 14.6 Å². The van der Waals surface area contributed by atoms with Crippen LogP contribution in [0.5, 0.6) is 5.75 Å². The average Bonchev–Trinajstić information content (AvgIpc) is 2.87. The molecule has 1 unspecified atom stereocenters. The highest BCUT2D eigenvalue weighted by molar-refractivity contribution is 6.21. The normalized spacial score (nSPS) is 19.7. The number of piperidine rings is 1. The number of nitrogens with zero attached hydrogens (tertiary/aromatic N) is 2. The van der Waals surface area contributed by atoms with Crippen molar-refractivity contribution in [1.82, 2.24) is 9.88 Å². The molecule has 5 nitrogen and oxygen atoms in total. The van der Waals surface area contributed by atoms with E-state index in [0.29, 0.717) is 6.54 Å². The van der Waals surface area contributed by atoms with Crippen LogP contribution < -0.4 is 4.74 Å². The van der Waals surface area contributed by atoms with Crippen molar-refractivity contribution in [2.24, 2.45) is 11.8 Å². The minimum Gasteiger partial charge on any atom is -0.497 e. The first-order valence-corrected chi connectivity index (χ1v) is 12.5. The highest BCUT2D eigenvalue weighted by Crippen LogP contribution is 2.36. The van der Waals surface area contributed by atoms with Crippen LogP contribution in [-0.4, -0.2) is 47.7 Å². The second-order valence-corrected chi connectivity index (χ2v) is 9.74. The van der Waals surface area contributed by atoms with Gasteiger partial charge in [0.1, 0.15) is 5.75 Å². The Hall–Kier alpha value is -2.63. The summed E-state index contributed by atoms with van der Waals surface area (Å²) in [7, 11) is 1.65. The van der Waals surface area contributed by atoms with Gasteiger partial charge in [-0.1, -0.05) is 30.3 Å². The van der Waals surface area contributed by atoms with Crippen molar-refractivity contribution in [3.8, 4) is 5.75 Å². The van der Waals surface area contributed by atoms with E-state index in [9.17, 15) is 9.90 Å². The number of fused-ring (bicyclic) bond motifs is 1. The van der Waals surface area contributed by atoms with E-state index in [0.717, 1.165) is 67.4 Å². The Balaban J connectivity index is 1.34. The molecule has 1 fully saturated rings. The lowest BCUT2D eigenvalue weighted by Gasteiger charge is -2.37. The lowest BCUT2D eigenvalue weighted by Crippen LogP contribution is -2.44. The van der Waals surface area contributed by atoms with Gasteiger partial charge in [0.25, 0.3) is 0 Å². The summed E-state index contributed by atoms with van der Waals surface area (Å²) >= 11 is 6.86. The summed E-state index contributed by atoms with van der Waals surface area (Å²) in [5.74, 6) is -0.116. The SMILES string of the molecule is COc1ccc2nccc(C(Cl)CC[C@@H]3CCN(CCCc4ccccc4)C[C@@H]3C(=O)O)c2c1. The van der Waals surface area contributed by atoms with Gasteiger partial charge in [-0.25, -0.2) is 0 Å². The number of benzene rings is 2. The van der Waals surface area contributed by atoms with Gasteiger partial charge in [-0.2, -0.15) is 0 Å². The number of likely N-dealkylation sites (tertiary alicyclic amines) is 1. The predicted molar refractivity (Wildman–Crippen MR) is 137 cm³/mol. The second kappa shape index (κ2) is 11.7. The number of rotatable bonds is 10. The molecular formula is C28H33ClN2O3. The minimum absolute atomic E-state index is 0.145. The minimum atomic E-state index is -0.692. The molecule has 0 saturated carbocycles. The van der Waals surface area contributed by atoms with E-state index >= 15 is 0 Å². The van der Waals surface area contributed by atoms with Gasteiger partial charge < -0.3 is 14.7 Å². The number of carboxylic acid groups (broad SMARTS) is 1. The zero-order valence-electron chi connectivity index (χ0n) is 19.7. The average molecular weight is 481 g/mol. The number of methoxy groups -OCH3 is 1. The van der Waals surface area contributed by atoms with Crippen molar-refractivity contribution in [3.63, 3.8) is 0 Å². The van der Waals surface area contributed by atoms with E-state index in [2.05, 4.69) is 34.1 Å². The molecule has 0 aliphatic carbocycles. The van der Waals surface area contributed by atoms with Crippen LogP contribution in [0, 0.1) is 11.8 Å². The van der Waals surface area contributed by atoms with Crippen molar-refractivity contribution in [3.05, 3.63) is 71.9 Å². The number of carbonyl (C=O) groups is 1. The molecule has 34 heavy (non-hydrogen) atoms. The first-order valence-electron chi connectivity index (χ1n) is 12.1. The number of aliphatic carboxylic acids is 1. The van der Waals surface area contributed by atoms with E-state index in [1.807, 2.05) is 30.3 Å². The molecule has 3 atom stereocenters. The zero-order valence-corrected chi connectivity index (χ0v) is 20.5. The number of aryl methyl sites for hydroxylation is 1. The van der Waals surface area contributed by atoms with Gasteiger partial charge in [-0.05, 0) is 86.5 Å². The number of hydrogen-bond donors (Lipinski definition) is 1. The number of aromatic nitrogens is 1. The summed E-state index contributed by atoms with van der Waals surface area (Å²) < 4.78 is 5.37. The molecule has 2 aromatic carbocycles. The van der Waals surface area contributed by atoms with Crippen LogP contribution in [0.2, 0.25) is 0 Å². The summed E-state index contributed by atoms with van der Waals surface area (Å²) in [6.07, 6.45) is 6.29. The molecule has 180 valence electrons. The molecule has 2 heterocycles. The standard InChI is InChI=1S/C28H33ClN2O3/c1-34-22-10-12-27-24(18-22)23(13-15-30-27)26(29)11-9-21-14-17-31(19-25(21)28(32)33)16-5-8-20-6-3-2-4-7-20/h2-4,6-7,10,12-13,15,18,21,25-26H,5,8-9,11,14,16-17,19H2,1H3,(H,32,33)/t21-,25+,26?/m1/s1. The van der Waals surface area contributed by atoms with E-state index in [-0.39, 0.29) is 17.2 Å². The molecule has 3 aromatic rings. The van der Waals surface area contributed by atoms with Gasteiger partial charge >= 0.3 is 5.97 Å². The largest absolute Gasteiger partial charge is 0.497 e. The zero-order chi connectivity index (χ0) is 23.9. The van der Waals surface area contributed by atoms with E-state index in [1.165, 1.54) is 5.56 Å². The highest BCUT2D eigenvalue weighted by atomic mass is 35.5. The Morgan fingerprint density at radius 2 is 2.06 bits per heavy atom.